The fourth-order valence-corrected chi connectivity index (χ4v) is 3.03. The third-order valence-corrected chi connectivity index (χ3v) is 4.73. The highest BCUT2D eigenvalue weighted by Gasteiger charge is 2.08. The number of rotatable bonds is 6. The van der Waals surface area contributed by atoms with Gasteiger partial charge in [-0.2, -0.15) is 0 Å². The number of nitrogens with one attached hydrogen (secondary N) is 2. The van der Waals surface area contributed by atoms with E-state index in [1.165, 1.54) is 4.90 Å². The van der Waals surface area contributed by atoms with Crippen molar-refractivity contribution in [1.29, 1.82) is 0 Å². The van der Waals surface area contributed by atoms with Gasteiger partial charge in [0.1, 0.15) is 11.5 Å². The molecule has 23 heavy (non-hydrogen) atoms. The lowest BCUT2D eigenvalue weighted by atomic mass is 10.2. The number of thioether (sulfide) groups is 1. The largest absolute Gasteiger partial charge is 0.361 e. The van der Waals surface area contributed by atoms with Crippen LogP contribution in [0.1, 0.15) is 37.3 Å². The van der Waals surface area contributed by atoms with Crippen LogP contribution >= 0.6 is 11.8 Å². The van der Waals surface area contributed by atoms with Gasteiger partial charge >= 0.3 is 6.03 Å². The summed E-state index contributed by atoms with van der Waals surface area (Å²) < 4.78 is 4.96. The smallest absolute Gasteiger partial charge is 0.319 e. The summed E-state index contributed by atoms with van der Waals surface area (Å²) in [5.74, 6) is 0.729. The van der Waals surface area contributed by atoms with Crippen LogP contribution in [0.5, 0.6) is 0 Å². The Bertz CT molecular complexity index is 670. The van der Waals surface area contributed by atoms with Crippen molar-refractivity contribution in [3.63, 3.8) is 0 Å². The third-order valence-electron chi connectivity index (χ3n) is 3.47. The summed E-state index contributed by atoms with van der Waals surface area (Å²) in [6.07, 6.45) is 1.13. The van der Waals surface area contributed by atoms with E-state index in [1.807, 2.05) is 37.7 Å². The van der Waals surface area contributed by atoms with E-state index in [1.54, 1.807) is 6.07 Å². The maximum absolute atomic E-state index is 12.0. The van der Waals surface area contributed by atoms with Gasteiger partial charge in [-0.3, -0.25) is 0 Å². The number of hydrogen-bond donors (Lipinski definition) is 2. The molecule has 0 saturated heterocycles. The van der Waals surface area contributed by atoms with Gasteiger partial charge in [0.25, 0.3) is 0 Å². The summed E-state index contributed by atoms with van der Waals surface area (Å²) >= 11 is 1.85. The summed E-state index contributed by atoms with van der Waals surface area (Å²) in [5, 5.41) is 10.1. The van der Waals surface area contributed by atoms with Gasteiger partial charge < -0.3 is 15.2 Å². The Morgan fingerprint density at radius 3 is 2.74 bits per heavy atom. The van der Waals surface area contributed by atoms with E-state index >= 15 is 0 Å². The molecule has 6 heteroatoms. The summed E-state index contributed by atoms with van der Waals surface area (Å²) in [4.78, 5) is 13.2. The molecule has 2 amide bonds. The SMILES string of the molecule is CCC(C)Sc1ccc(NC(=O)NCc2cc(C)on2)c(C)c1. The molecule has 124 valence electrons. The number of aryl methyl sites for hydroxylation is 2. The summed E-state index contributed by atoms with van der Waals surface area (Å²) in [5.41, 5.74) is 2.56. The first-order chi connectivity index (χ1) is 11.0. The maximum atomic E-state index is 12.0. The number of urea groups is 1. The van der Waals surface area contributed by atoms with E-state index in [-0.39, 0.29) is 6.03 Å². The fourth-order valence-electron chi connectivity index (χ4n) is 2.00. The van der Waals surface area contributed by atoms with E-state index < -0.39 is 0 Å². The minimum absolute atomic E-state index is 0.254. The van der Waals surface area contributed by atoms with Gasteiger partial charge in [0, 0.05) is 21.9 Å². The molecule has 2 rings (SSSR count). The van der Waals surface area contributed by atoms with Crippen molar-refractivity contribution in [2.75, 3.05) is 5.32 Å². The monoisotopic (exact) mass is 333 g/mol. The quantitative estimate of drug-likeness (QED) is 0.764. The zero-order valence-corrected chi connectivity index (χ0v) is 14.8. The lowest BCUT2D eigenvalue weighted by Crippen LogP contribution is -2.28. The van der Waals surface area contributed by atoms with Crippen LogP contribution in [0.15, 0.2) is 33.7 Å². The molecule has 5 nitrogen and oxygen atoms in total. The zero-order chi connectivity index (χ0) is 16.8. The molecule has 0 spiro atoms. The minimum Gasteiger partial charge on any atom is -0.361 e. The maximum Gasteiger partial charge on any atom is 0.319 e. The molecule has 0 aliphatic carbocycles. The number of aromatic nitrogens is 1. The Labute approximate surface area is 141 Å². The molecule has 0 aliphatic heterocycles. The van der Waals surface area contributed by atoms with Crippen LogP contribution in [0.2, 0.25) is 0 Å². The molecule has 1 heterocycles. The molecule has 1 aromatic heterocycles. The number of carbonyl (C=O) groups is 1. The Balaban J connectivity index is 1.90. The van der Waals surface area contributed by atoms with Crippen molar-refractivity contribution in [2.24, 2.45) is 0 Å². The highest BCUT2D eigenvalue weighted by atomic mass is 32.2. The predicted molar refractivity (Wildman–Crippen MR) is 93.9 cm³/mol. The third kappa shape index (κ3) is 5.32. The number of amides is 2. The van der Waals surface area contributed by atoms with Crippen molar-refractivity contribution >= 4 is 23.5 Å². The second-order valence-corrected chi connectivity index (χ2v) is 7.06. The van der Waals surface area contributed by atoms with Crippen LogP contribution in [-0.4, -0.2) is 16.4 Å². The lowest BCUT2D eigenvalue weighted by Gasteiger charge is -2.12. The van der Waals surface area contributed by atoms with Crippen molar-refractivity contribution in [2.45, 2.75) is 50.8 Å². The van der Waals surface area contributed by atoms with E-state index in [0.29, 0.717) is 17.5 Å². The Kier molecular flexibility index (Phi) is 6.10. The molecule has 2 aromatic rings. The van der Waals surface area contributed by atoms with E-state index in [2.05, 4.69) is 35.7 Å². The van der Waals surface area contributed by atoms with Crippen LogP contribution < -0.4 is 10.6 Å². The second kappa shape index (κ2) is 8.06. The van der Waals surface area contributed by atoms with Gasteiger partial charge in [0.2, 0.25) is 0 Å². The highest BCUT2D eigenvalue weighted by Crippen LogP contribution is 2.28. The summed E-state index contributed by atoms with van der Waals surface area (Å²) in [7, 11) is 0. The van der Waals surface area contributed by atoms with Crippen LogP contribution in [0.25, 0.3) is 0 Å². The van der Waals surface area contributed by atoms with Crippen molar-refractivity contribution in [3.8, 4) is 0 Å². The average molecular weight is 333 g/mol. The van der Waals surface area contributed by atoms with Crippen molar-refractivity contribution < 1.29 is 9.32 Å². The van der Waals surface area contributed by atoms with Crippen LogP contribution in [-0.2, 0) is 6.54 Å². The molecule has 0 aliphatic rings. The number of hydrogen-bond acceptors (Lipinski definition) is 4. The van der Waals surface area contributed by atoms with Gasteiger partial charge in [-0.05, 0) is 44.0 Å². The Morgan fingerprint density at radius 1 is 1.35 bits per heavy atom. The molecule has 0 radical (unpaired) electrons. The predicted octanol–water partition coefficient (Wildman–Crippen LogP) is 4.50. The molecular formula is C17H23N3O2S. The highest BCUT2D eigenvalue weighted by molar-refractivity contribution is 7.99. The first-order valence-electron chi connectivity index (χ1n) is 7.72. The molecule has 1 unspecified atom stereocenters. The van der Waals surface area contributed by atoms with Crippen molar-refractivity contribution in [3.05, 3.63) is 41.3 Å². The fraction of sp³-hybridized carbons (Fsp3) is 0.412. The molecule has 2 N–H and O–H groups in total. The average Bonchev–Trinajstić information content (AvgIpc) is 2.93. The topological polar surface area (TPSA) is 67.2 Å². The molecule has 1 aromatic carbocycles. The molecule has 0 saturated carbocycles. The number of nitrogens with zero attached hydrogens (tertiary/aromatic N) is 1. The van der Waals surface area contributed by atoms with Gasteiger partial charge in [-0.25, -0.2) is 4.79 Å². The van der Waals surface area contributed by atoms with E-state index in [0.717, 1.165) is 23.4 Å². The van der Waals surface area contributed by atoms with Crippen LogP contribution in [0, 0.1) is 13.8 Å². The van der Waals surface area contributed by atoms with Crippen LogP contribution in [0.3, 0.4) is 0 Å². The van der Waals surface area contributed by atoms with Gasteiger partial charge in [-0.15, -0.1) is 11.8 Å². The standard InChI is InChI=1S/C17H23N3O2S/c1-5-13(4)23-15-6-7-16(11(2)8-15)19-17(21)18-10-14-9-12(3)22-20-14/h6-9,13H,5,10H2,1-4H3,(H2,18,19,21). The minimum atomic E-state index is -0.254. The first-order valence-corrected chi connectivity index (χ1v) is 8.60. The first kappa shape index (κ1) is 17.4. The zero-order valence-electron chi connectivity index (χ0n) is 14.0. The Morgan fingerprint density at radius 2 is 2.13 bits per heavy atom. The normalized spacial score (nSPS) is 12.0. The van der Waals surface area contributed by atoms with Crippen LogP contribution in [0.4, 0.5) is 10.5 Å². The number of benzene rings is 1. The van der Waals surface area contributed by atoms with E-state index in [9.17, 15) is 4.79 Å². The van der Waals surface area contributed by atoms with Gasteiger partial charge in [0.15, 0.2) is 0 Å². The van der Waals surface area contributed by atoms with E-state index in [4.69, 9.17) is 4.52 Å². The second-order valence-electron chi connectivity index (χ2n) is 5.55. The van der Waals surface area contributed by atoms with Gasteiger partial charge in [0.05, 0.1) is 6.54 Å². The molecule has 0 fully saturated rings. The lowest BCUT2D eigenvalue weighted by molar-refractivity contribution is 0.251. The summed E-state index contributed by atoms with van der Waals surface area (Å²) in [6, 6.07) is 7.64. The van der Waals surface area contributed by atoms with Crippen molar-refractivity contribution in [1.82, 2.24) is 10.5 Å². The van der Waals surface area contributed by atoms with Gasteiger partial charge in [-0.1, -0.05) is 19.0 Å². The molecule has 1 atom stereocenters. The number of carbonyl (C=O) groups excluding carboxylic acids is 1. The summed E-state index contributed by atoms with van der Waals surface area (Å²) in [6.45, 7) is 8.55. The molecule has 0 bridgehead atoms. The number of anilines is 1. The Hall–Kier alpha value is -1.95. The molecular weight excluding hydrogens is 310 g/mol.